The zero-order valence-electron chi connectivity index (χ0n) is 21.4. The minimum Gasteiger partial charge on any atom is -0.488 e. The van der Waals surface area contributed by atoms with Crippen LogP contribution in [0.1, 0.15) is 30.1 Å². The van der Waals surface area contributed by atoms with Crippen molar-refractivity contribution < 1.29 is 24.1 Å². The molecule has 0 radical (unpaired) electrons. The third-order valence-corrected chi connectivity index (χ3v) is 5.92. The highest BCUT2D eigenvalue weighted by molar-refractivity contribution is 5.88. The van der Waals surface area contributed by atoms with E-state index in [0.29, 0.717) is 48.0 Å². The molecule has 4 aromatic rings. The molecule has 0 amide bonds. The quantitative estimate of drug-likeness (QED) is 0.290. The molecule has 0 spiro atoms. The van der Waals surface area contributed by atoms with Crippen LogP contribution in [0.5, 0.6) is 23.3 Å². The summed E-state index contributed by atoms with van der Waals surface area (Å²) in [4.78, 5) is 31.3. The number of hydrogen-bond acceptors (Lipinski definition) is 10. The average molecular weight is 529 g/mol. The monoisotopic (exact) mass is 528 g/mol. The van der Waals surface area contributed by atoms with Gasteiger partial charge in [-0.25, -0.2) is 14.8 Å². The maximum Gasteiger partial charge on any atom is 0.335 e. The van der Waals surface area contributed by atoms with E-state index in [1.165, 1.54) is 12.1 Å². The van der Waals surface area contributed by atoms with Crippen molar-refractivity contribution in [2.75, 3.05) is 29.9 Å². The molecular formula is C28H28N6O5. The summed E-state index contributed by atoms with van der Waals surface area (Å²) in [6.45, 7) is 3.93. The van der Waals surface area contributed by atoms with Crippen LogP contribution in [0.25, 0.3) is 0 Å². The lowest BCUT2D eigenvalue weighted by Crippen LogP contribution is -2.41. The van der Waals surface area contributed by atoms with E-state index in [9.17, 15) is 9.90 Å². The van der Waals surface area contributed by atoms with Crippen LogP contribution >= 0.6 is 0 Å². The number of benzene rings is 1. The number of carboxylic acids is 1. The Morgan fingerprint density at radius 2 is 2.00 bits per heavy atom. The molecule has 200 valence electrons. The van der Waals surface area contributed by atoms with E-state index >= 15 is 0 Å². The number of anilines is 3. The second-order valence-electron chi connectivity index (χ2n) is 8.75. The van der Waals surface area contributed by atoms with Gasteiger partial charge in [-0.1, -0.05) is 12.1 Å². The van der Waals surface area contributed by atoms with E-state index in [-0.39, 0.29) is 11.7 Å². The van der Waals surface area contributed by atoms with Gasteiger partial charge in [0.15, 0.2) is 11.6 Å². The maximum absolute atomic E-state index is 11.2. The predicted molar refractivity (Wildman–Crippen MR) is 144 cm³/mol. The number of aromatic nitrogens is 4. The van der Waals surface area contributed by atoms with Crippen molar-refractivity contribution in [1.82, 2.24) is 19.9 Å². The Hall–Kier alpha value is -4.93. The third-order valence-electron chi connectivity index (χ3n) is 5.92. The molecule has 3 aromatic heterocycles. The summed E-state index contributed by atoms with van der Waals surface area (Å²) in [6, 6.07) is 15.2. The lowest BCUT2D eigenvalue weighted by atomic mass is 10.1. The first-order valence-electron chi connectivity index (χ1n) is 12.6. The fraction of sp³-hybridized carbons (Fsp3) is 0.250. The minimum atomic E-state index is -1.03. The number of hydrogen-bond donors (Lipinski definition) is 2. The lowest BCUT2D eigenvalue weighted by molar-refractivity contribution is 0.0696. The Labute approximate surface area is 225 Å². The van der Waals surface area contributed by atoms with Gasteiger partial charge in [0.05, 0.1) is 31.1 Å². The first kappa shape index (κ1) is 25.7. The Bertz CT molecular complexity index is 1430. The predicted octanol–water partition coefficient (Wildman–Crippen LogP) is 4.95. The van der Waals surface area contributed by atoms with Crippen LogP contribution in [0.2, 0.25) is 0 Å². The summed E-state index contributed by atoms with van der Waals surface area (Å²) in [5.74, 6) is 2.54. The maximum atomic E-state index is 11.2. The molecular weight excluding hydrogens is 500 g/mol. The standard InChI is InChI=1S/C28H28N6O5/c1-2-37-22-10-5-13-30-27(22)39-21-9-6-14-34(18-21)25-17-29-16-24(32-25)31-23-11-4-12-26(33-23)38-20-8-3-7-19(15-20)28(35)36/h3-5,7-8,10-13,15-17,21H,2,6,9,14,18H2,1H3,(H,35,36)(H,31,32,33)/t21-/m1/s1. The van der Waals surface area contributed by atoms with E-state index < -0.39 is 5.97 Å². The molecule has 1 fully saturated rings. The second-order valence-corrected chi connectivity index (χ2v) is 8.75. The highest BCUT2D eigenvalue weighted by atomic mass is 16.5. The molecule has 5 rings (SSSR count). The highest BCUT2D eigenvalue weighted by Gasteiger charge is 2.24. The van der Waals surface area contributed by atoms with Crippen molar-refractivity contribution in [3.05, 3.63) is 78.8 Å². The highest BCUT2D eigenvalue weighted by Crippen LogP contribution is 2.28. The van der Waals surface area contributed by atoms with Crippen LogP contribution in [-0.2, 0) is 0 Å². The van der Waals surface area contributed by atoms with E-state index in [1.807, 2.05) is 19.1 Å². The van der Waals surface area contributed by atoms with E-state index in [4.69, 9.17) is 19.2 Å². The molecule has 2 N–H and O–H groups in total. The summed E-state index contributed by atoms with van der Waals surface area (Å²) in [5, 5.41) is 12.4. The van der Waals surface area contributed by atoms with Gasteiger partial charge in [-0.05, 0) is 56.2 Å². The number of carboxylic acid groups (broad SMARTS) is 1. The Morgan fingerprint density at radius 3 is 2.87 bits per heavy atom. The molecule has 11 nitrogen and oxygen atoms in total. The van der Waals surface area contributed by atoms with Gasteiger partial charge in [-0.2, -0.15) is 4.98 Å². The van der Waals surface area contributed by atoms with E-state index in [1.54, 1.807) is 48.9 Å². The van der Waals surface area contributed by atoms with Crippen LogP contribution in [0.3, 0.4) is 0 Å². The van der Waals surface area contributed by atoms with Crippen LogP contribution in [-0.4, -0.2) is 56.8 Å². The fourth-order valence-electron chi connectivity index (χ4n) is 4.18. The van der Waals surface area contributed by atoms with Gasteiger partial charge in [-0.15, -0.1) is 0 Å². The summed E-state index contributed by atoms with van der Waals surface area (Å²) in [7, 11) is 0. The summed E-state index contributed by atoms with van der Waals surface area (Å²) in [6.07, 6.45) is 6.81. The van der Waals surface area contributed by atoms with Crippen LogP contribution in [0.4, 0.5) is 17.5 Å². The lowest BCUT2D eigenvalue weighted by Gasteiger charge is -2.33. The number of nitrogens with zero attached hydrogens (tertiary/aromatic N) is 5. The molecule has 1 atom stereocenters. The van der Waals surface area contributed by atoms with Crippen molar-refractivity contribution in [3.8, 4) is 23.3 Å². The minimum absolute atomic E-state index is 0.0682. The largest absolute Gasteiger partial charge is 0.488 e. The molecule has 0 saturated carbocycles. The molecule has 11 heteroatoms. The van der Waals surface area contributed by atoms with Crippen LogP contribution < -0.4 is 24.4 Å². The number of pyridine rings is 2. The number of carbonyl (C=O) groups is 1. The summed E-state index contributed by atoms with van der Waals surface area (Å²) in [5.41, 5.74) is 0.133. The molecule has 1 aliphatic heterocycles. The number of nitrogens with one attached hydrogen (secondary N) is 1. The van der Waals surface area contributed by atoms with Crippen molar-refractivity contribution in [2.24, 2.45) is 0 Å². The van der Waals surface area contributed by atoms with Gasteiger partial charge in [-0.3, -0.25) is 4.98 Å². The number of ether oxygens (including phenoxy) is 3. The van der Waals surface area contributed by atoms with E-state index in [0.717, 1.165) is 25.2 Å². The average Bonchev–Trinajstić information content (AvgIpc) is 2.95. The molecule has 0 unspecified atom stereocenters. The normalized spacial score (nSPS) is 14.9. The zero-order chi connectivity index (χ0) is 27.0. The fourth-order valence-corrected chi connectivity index (χ4v) is 4.18. The molecule has 1 saturated heterocycles. The molecule has 0 bridgehead atoms. The Balaban J connectivity index is 1.25. The molecule has 1 aliphatic rings. The van der Waals surface area contributed by atoms with Gasteiger partial charge in [0.25, 0.3) is 5.88 Å². The molecule has 1 aromatic carbocycles. The first-order valence-corrected chi connectivity index (χ1v) is 12.6. The molecule has 4 heterocycles. The Kier molecular flexibility index (Phi) is 7.96. The zero-order valence-corrected chi connectivity index (χ0v) is 21.4. The molecule has 0 aliphatic carbocycles. The van der Waals surface area contributed by atoms with Crippen molar-refractivity contribution in [2.45, 2.75) is 25.9 Å². The SMILES string of the molecule is CCOc1cccnc1O[C@@H]1CCCN(c2cncc(Nc3cccc(Oc4cccc(C(=O)O)c4)n3)n2)C1. The van der Waals surface area contributed by atoms with Gasteiger partial charge < -0.3 is 29.5 Å². The first-order chi connectivity index (χ1) is 19.1. The van der Waals surface area contributed by atoms with Gasteiger partial charge in [0, 0.05) is 18.8 Å². The number of aromatic carboxylic acids is 1. The summed E-state index contributed by atoms with van der Waals surface area (Å²) < 4.78 is 17.6. The van der Waals surface area contributed by atoms with Crippen LogP contribution in [0.15, 0.2) is 73.2 Å². The van der Waals surface area contributed by atoms with Crippen LogP contribution in [0, 0.1) is 0 Å². The third kappa shape index (κ3) is 6.69. The number of rotatable bonds is 10. The van der Waals surface area contributed by atoms with Gasteiger partial charge in [0.1, 0.15) is 23.5 Å². The van der Waals surface area contributed by atoms with Gasteiger partial charge >= 0.3 is 5.97 Å². The van der Waals surface area contributed by atoms with Crippen molar-refractivity contribution in [1.29, 1.82) is 0 Å². The topological polar surface area (TPSA) is 132 Å². The van der Waals surface area contributed by atoms with Gasteiger partial charge in [0.2, 0.25) is 5.88 Å². The second kappa shape index (κ2) is 12.1. The van der Waals surface area contributed by atoms with Crippen molar-refractivity contribution in [3.63, 3.8) is 0 Å². The molecule has 39 heavy (non-hydrogen) atoms. The smallest absolute Gasteiger partial charge is 0.335 e. The number of piperidine rings is 1. The van der Waals surface area contributed by atoms with E-state index in [2.05, 4.69) is 25.2 Å². The Morgan fingerprint density at radius 1 is 1.10 bits per heavy atom. The summed E-state index contributed by atoms with van der Waals surface area (Å²) >= 11 is 0. The van der Waals surface area contributed by atoms with Crippen molar-refractivity contribution >= 4 is 23.4 Å².